The molecule has 0 amide bonds. The summed E-state index contributed by atoms with van der Waals surface area (Å²) in [5, 5.41) is 14.4. The SMILES string of the molecule is CC1CC(C)CC(NCc2ccc([N+](=O)[O-])s2)C1. The van der Waals surface area contributed by atoms with Crippen LogP contribution in [0.5, 0.6) is 0 Å². The lowest BCUT2D eigenvalue weighted by Crippen LogP contribution is -2.35. The molecule has 1 heterocycles. The molecule has 1 saturated carbocycles. The summed E-state index contributed by atoms with van der Waals surface area (Å²) in [6.07, 6.45) is 3.76. The number of rotatable bonds is 4. The second-order valence-corrected chi connectivity index (χ2v) is 6.64. The first-order valence-corrected chi connectivity index (χ1v) is 7.32. The molecule has 1 N–H and O–H groups in total. The van der Waals surface area contributed by atoms with E-state index < -0.39 is 0 Å². The lowest BCUT2D eigenvalue weighted by Gasteiger charge is -2.32. The van der Waals surface area contributed by atoms with Crippen molar-refractivity contribution >= 4 is 16.3 Å². The van der Waals surface area contributed by atoms with E-state index in [-0.39, 0.29) is 9.92 Å². The lowest BCUT2D eigenvalue weighted by atomic mass is 9.80. The number of hydrogen-bond donors (Lipinski definition) is 1. The molecule has 2 rings (SSSR count). The molecule has 1 aromatic heterocycles. The van der Waals surface area contributed by atoms with Gasteiger partial charge in [-0.15, -0.1) is 0 Å². The van der Waals surface area contributed by atoms with Crippen molar-refractivity contribution in [2.24, 2.45) is 11.8 Å². The van der Waals surface area contributed by atoms with Gasteiger partial charge in [-0.3, -0.25) is 10.1 Å². The quantitative estimate of drug-likeness (QED) is 0.671. The smallest absolute Gasteiger partial charge is 0.309 e. The minimum Gasteiger partial charge on any atom is -0.309 e. The Labute approximate surface area is 112 Å². The molecule has 0 bridgehead atoms. The third-order valence-corrected chi connectivity index (χ3v) is 4.61. The highest BCUT2D eigenvalue weighted by Gasteiger charge is 2.23. The zero-order valence-electron chi connectivity index (χ0n) is 10.9. The first kappa shape index (κ1) is 13.5. The number of hydrogen-bond acceptors (Lipinski definition) is 4. The van der Waals surface area contributed by atoms with Crippen LogP contribution in [-0.2, 0) is 6.54 Å². The summed E-state index contributed by atoms with van der Waals surface area (Å²) in [5.41, 5.74) is 0. The maximum atomic E-state index is 10.6. The van der Waals surface area contributed by atoms with E-state index in [2.05, 4.69) is 19.2 Å². The summed E-state index contributed by atoms with van der Waals surface area (Å²) in [7, 11) is 0. The van der Waals surface area contributed by atoms with Crippen molar-refractivity contribution in [2.45, 2.75) is 45.7 Å². The topological polar surface area (TPSA) is 55.2 Å². The maximum Gasteiger partial charge on any atom is 0.324 e. The van der Waals surface area contributed by atoms with Gasteiger partial charge in [0.05, 0.1) is 4.92 Å². The molecule has 1 fully saturated rings. The first-order chi connectivity index (χ1) is 8.54. The largest absolute Gasteiger partial charge is 0.324 e. The summed E-state index contributed by atoms with van der Waals surface area (Å²) in [4.78, 5) is 11.3. The fourth-order valence-electron chi connectivity index (χ4n) is 2.92. The first-order valence-electron chi connectivity index (χ1n) is 6.51. The molecule has 4 nitrogen and oxygen atoms in total. The van der Waals surface area contributed by atoms with Gasteiger partial charge in [0.1, 0.15) is 0 Å². The van der Waals surface area contributed by atoms with Gasteiger partial charge in [0, 0.05) is 23.5 Å². The molecule has 0 aromatic carbocycles. The van der Waals surface area contributed by atoms with Gasteiger partial charge < -0.3 is 5.32 Å². The van der Waals surface area contributed by atoms with Gasteiger partial charge in [0.2, 0.25) is 0 Å². The average molecular weight is 268 g/mol. The van der Waals surface area contributed by atoms with E-state index in [0.717, 1.165) is 23.3 Å². The summed E-state index contributed by atoms with van der Waals surface area (Å²) in [6.45, 7) is 5.36. The van der Waals surface area contributed by atoms with Crippen LogP contribution in [0.1, 0.15) is 38.0 Å². The van der Waals surface area contributed by atoms with Crippen molar-refractivity contribution in [3.63, 3.8) is 0 Å². The fraction of sp³-hybridized carbons (Fsp3) is 0.692. The van der Waals surface area contributed by atoms with Crippen molar-refractivity contribution in [3.05, 3.63) is 27.1 Å². The zero-order chi connectivity index (χ0) is 13.1. The summed E-state index contributed by atoms with van der Waals surface area (Å²) in [5.74, 6) is 1.56. The van der Waals surface area contributed by atoms with Crippen LogP contribution in [-0.4, -0.2) is 11.0 Å². The summed E-state index contributed by atoms with van der Waals surface area (Å²) < 4.78 is 0. The number of thiophene rings is 1. The van der Waals surface area contributed by atoms with E-state index in [9.17, 15) is 10.1 Å². The monoisotopic (exact) mass is 268 g/mol. The Kier molecular flexibility index (Phi) is 4.35. The van der Waals surface area contributed by atoms with Gasteiger partial charge in [0.15, 0.2) is 0 Å². The number of nitrogens with zero attached hydrogens (tertiary/aromatic N) is 1. The van der Waals surface area contributed by atoms with Gasteiger partial charge in [-0.05, 0) is 37.2 Å². The molecule has 0 radical (unpaired) electrons. The molecular weight excluding hydrogens is 248 g/mol. The van der Waals surface area contributed by atoms with E-state index in [1.165, 1.54) is 30.6 Å². The Morgan fingerprint density at radius 1 is 1.33 bits per heavy atom. The van der Waals surface area contributed by atoms with Crippen molar-refractivity contribution in [1.29, 1.82) is 0 Å². The van der Waals surface area contributed by atoms with Crippen LogP contribution in [0.3, 0.4) is 0 Å². The molecule has 0 saturated heterocycles. The Hall–Kier alpha value is -0.940. The van der Waals surface area contributed by atoms with Crippen LogP contribution in [0.2, 0.25) is 0 Å². The molecule has 0 spiro atoms. The molecular formula is C13H20N2O2S. The highest BCUT2D eigenvalue weighted by Crippen LogP contribution is 2.29. The summed E-state index contributed by atoms with van der Waals surface area (Å²) >= 11 is 1.27. The van der Waals surface area contributed by atoms with Gasteiger partial charge >= 0.3 is 5.00 Å². The van der Waals surface area contributed by atoms with E-state index in [1.54, 1.807) is 6.07 Å². The van der Waals surface area contributed by atoms with Crippen LogP contribution >= 0.6 is 11.3 Å². The minimum atomic E-state index is -0.321. The van der Waals surface area contributed by atoms with Crippen molar-refractivity contribution in [2.75, 3.05) is 0 Å². The minimum absolute atomic E-state index is 0.234. The number of nitrogens with one attached hydrogen (secondary N) is 1. The molecule has 1 aliphatic rings. The normalized spacial score (nSPS) is 28.2. The second-order valence-electron chi connectivity index (χ2n) is 5.49. The molecule has 2 unspecified atom stereocenters. The van der Waals surface area contributed by atoms with Gasteiger partial charge in [-0.1, -0.05) is 25.2 Å². The molecule has 0 aliphatic heterocycles. The van der Waals surface area contributed by atoms with E-state index >= 15 is 0 Å². The Morgan fingerprint density at radius 2 is 2.00 bits per heavy atom. The second kappa shape index (κ2) is 5.80. The van der Waals surface area contributed by atoms with Gasteiger partial charge in [-0.2, -0.15) is 0 Å². The van der Waals surface area contributed by atoms with Crippen molar-refractivity contribution < 1.29 is 4.92 Å². The molecule has 5 heteroatoms. The van der Waals surface area contributed by atoms with Gasteiger partial charge in [-0.25, -0.2) is 0 Å². The van der Waals surface area contributed by atoms with Crippen LogP contribution in [0.4, 0.5) is 5.00 Å². The summed E-state index contributed by atoms with van der Waals surface area (Å²) in [6, 6.07) is 4.00. The Balaban J connectivity index is 1.85. The van der Waals surface area contributed by atoms with Crippen molar-refractivity contribution in [1.82, 2.24) is 5.32 Å². The number of nitro groups is 1. The zero-order valence-corrected chi connectivity index (χ0v) is 11.7. The Morgan fingerprint density at radius 3 is 2.56 bits per heavy atom. The lowest BCUT2D eigenvalue weighted by molar-refractivity contribution is -0.380. The van der Waals surface area contributed by atoms with E-state index in [0.29, 0.717) is 6.04 Å². The van der Waals surface area contributed by atoms with Gasteiger partial charge in [0.25, 0.3) is 0 Å². The Bertz CT molecular complexity index is 409. The third-order valence-electron chi connectivity index (χ3n) is 3.57. The van der Waals surface area contributed by atoms with E-state index in [4.69, 9.17) is 0 Å². The molecule has 18 heavy (non-hydrogen) atoms. The highest BCUT2D eigenvalue weighted by molar-refractivity contribution is 7.15. The molecule has 100 valence electrons. The standard InChI is InChI=1S/C13H20N2O2S/c1-9-5-10(2)7-11(6-9)14-8-12-3-4-13(18-12)15(16)17/h3-4,9-11,14H,5-8H2,1-2H3. The average Bonchev–Trinajstić information content (AvgIpc) is 2.73. The molecule has 1 aliphatic carbocycles. The van der Waals surface area contributed by atoms with Crippen molar-refractivity contribution in [3.8, 4) is 0 Å². The highest BCUT2D eigenvalue weighted by atomic mass is 32.1. The fourth-order valence-corrected chi connectivity index (χ4v) is 3.69. The van der Waals surface area contributed by atoms with E-state index in [1.807, 2.05) is 6.07 Å². The molecule has 2 atom stereocenters. The third kappa shape index (κ3) is 3.53. The van der Waals surface area contributed by atoms with Crippen LogP contribution in [0.25, 0.3) is 0 Å². The maximum absolute atomic E-state index is 10.6. The van der Waals surface area contributed by atoms with Crippen LogP contribution in [0, 0.1) is 22.0 Å². The predicted molar refractivity (Wildman–Crippen MR) is 73.8 cm³/mol. The predicted octanol–water partition coefficient (Wildman–Crippen LogP) is 3.57. The van der Waals surface area contributed by atoms with Crippen LogP contribution < -0.4 is 5.32 Å². The van der Waals surface area contributed by atoms with Crippen LogP contribution in [0.15, 0.2) is 12.1 Å². The molecule has 1 aromatic rings.